The van der Waals surface area contributed by atoms with Crippen molar-refractivity contribution in [1.29, 1.82) is 0 Å². The summed E-state index contributed by atoms with van der Waals surface area (Å²) in [5.41, 5.74) is 1.60. The number of benzene rings is 2. The van der Waals surface area contributed by atoms with E-state index in [4.69, 9.17) is 9.31 Å². The molecule has 2 aromatic rings. The second-order valence-corrected chi connectivity index (χ2v) is 4.27. The topological polar surface area (TPSA) is 18.5 Å². The Morgan fingerprint density at radius 1 is 0.789 bits per heavy atom. The summed E-state index contributed by atoms with van der Waals surface area (Å²) in [5.74, 6) is -0.766. The smallest absolute Gasteiger partial charge is 0.526 e. The molecule has 0 amide bonds. The quantitative estimate of drug-likeness (QED) is 0.787. The van der Waals surface area contributed by atoms with Crippen LogP contribution in [0.2, 0.25) is 0 Å². The minimum atomic E-state index is -0.465. The summed E-state index contributed by atoms with van der Waals surface area (Å²) in [4.78, 5) is 0. The van der Waals surface area contributed by atoms with Gasteiger partial charge in [-0.15, -0.1) is 0 Å². The third-order valence-corrected chi connectivity index (χ3v) is 2.60. The Morgan fingerprint density at radius 2 is 1.21 bits per heavy atom. The van der Waals surface area contributed by atoms with Crippen molar-refractivity contribution in [2.75, 3.05) is 0 Å². The summed E-state index contributed by atoms with van der Waals surface area (Å²) in [6.45, 7) is 3.57. The predicted octanol–water partition coefficient (Wildman–Crippen LogP) is 3.31. The highest BCUT2D eigenvalue weighted by atomic mass is 19.1. The molecule has 0 spiro atoms. The highest BCUT2D eigenvalue weighted by Crippen LogP contribution is 2.20. The Hall–Kier alpha value is -2.04. The summed E-state index contributed by atoms with van der Waals surface area (Å²) >= 11 is 0. The van der Waals surface area contributed by atoms with Crippen LogP contribution in [0.15, 0.2) is 36.4 Å². The number of hydrogen-bond donors (Lipinski definition) is 0. The maximum Gasteiger partial charge on any atom is 0.576 e. The van der Waals surface area contributed by atoms with E-state index in [1.54, 1.807) is 26.0 Å². The van der Waals surface area contributed by atoms with Gasteiger partial charge in [-0.1, -0.05) is 12.1 Å². The Bertz CT molecular complexity index is 536. The van der Waals surface area contributed by atoms with E-state index in [9.17, 15) is 8.78 Å². The summed E-state index contributed by atoms with van der Waals surface area (Å²) < 4.78 is 37.1. The monoisotopic (exact) mass is 262 g/mol. The van der Waals surface area contributed by atoms with Gasteiger partial charge in [0, 0.05) is 0 Å². The minimum absolute atomic E-state index is 0.0816. The molecule has 2 aromatic carbocycles. The third-order valence-electron chi connectivity index (χ3n) is 2.60. The van der Waals surface area contributed by atoms with E-state index in [0.717, 1.165) is 11.1 Å². The maximum absolute atomic E-state index is 13.5. The molecule has 0 aromatic heterocycles. The van der Waals surface area contributed by atoms with Gasteiger partial charge in [0.2, 0.25) is 0 Å². The summed E-state index contributed by atoms with van der Waals surface area (Å²) in [7, 11) is -0.250. The van der Waals surface area contributed by atoms with Crippen LogP contribution in [0.25, 0.3) is 0 Å². The Morgan fingerprint density at radius 3 is 1.58 bits per heavy atom. The molecule has 0 bridgehead atoms. The normalized spacial score (nSPS) is 10.1. The van der Waals surface area contributed by atoms with Crippen LogP contribution in [0.3, 0.4) is 0 Å². The predicted molar refractivity (Wildman–Crippen MR) is 70.7 cm³/mol. The Kier molecular flexibility index (Phi) is 4.05. The van der Waals surface area contributed by atoms with Gasteiger partial charge in [-0.25, -0.2) is 8.78 Å². The van der Waals surface area contributed by atoms with Crippen molar-refractivity contribution in [3.05, 3.63) is 59.2 Å². The van der Waals surface area contributed by atoms with E-state index in [2.05, 4.69) is 0 Å². The molecule has 2 rings (SSSR count). The highest BCUT2D eigenvalue weighted by molar-refractivity contribution is 6.20. The average molecular weight is 262 g/mol. The van der Waals surface area contributed by atoms with E-state index >= 15 is 0 Å². The number of hydrogen-bond acceptors (Lipinski definition) is 2. The van der Waals surface area contributed by atoms with E-state index in [0.29, 0.717) is 0 Å². The van der Waals surface area contributed by atoms with E-state index in [-0.39, 0.29) is 19.2 Å². The van der Waals surface area contributed by atoms with Gasteiger partial charge in [-0.05, 0) is 49.2 Å². The van der Waals surface area contributed by atoms with Gasteiger partial charge in [0.05, 0.1) is 0 Å². The fourth-order valence-electron chi connectivity index (χ4n) is 1.60. The SMILES string of the molecule is Cc1ccc(OBOc2ccc(C)cc2F)c(F)c1. The van der Waals surface area contributed by atoms with Gasteiger partial charge in [-0.3, -0.25) is 0 Å². The van der Waals surface area contributed by atoms with Gasteiger partial charge in [-0.2, -0.15) is 0 Å². The first-order valence-electron chi connectivity index (χ1n) is 5.84. The standard InChI is InChI=1S/C14H13BF2O2/c1-9-3-5-13(11(16)7-9)18-15-19-14-6-4-10(2)8-12(14)17/h3-8,15H,1-2H3. The van der Waals surface area contributed by atoms with Crippen LogP contribution in [0.5, 0.6) is 11.5 Å². The first-order chi connectivity index (χ1) is 9.06. The molecule has 0 radical (unpaired) electrons. The molecular weight excluding hydrogens is 249 g/mol. The van der Waals surface area contributed by atoms with Crippen molar-refractivity contribution in [3.8, 4) is 11.5 Å². The van der Waals surface area contributed by atoms with E-state index in [1.165, 1.54) is 24.3 Å². The molecule has 0 saturated heterocycles. The first kappa shape index (κ1) is 13.4. The Labute approximate surface area is 111 Å². The van der Waals surface area contributed by atoms with E-state index < -0.39 is 11.6 Å². The zero-order valence-electron chi connectivity index (χ0n) is 10.7. The zero-order valence-corrected chi connectivity index (χ0v) is 10.7. The van der Waals surface area contributed by atoms with Gasteiger partial charge in [0.25, 0.3) is 0 Å². The van der Waals surface area contributed by atoms with Crippen LogP contribution in [0.1, 0.15) is 11.1 Å². The molecule has 0 saturated carbocycles. The van der Waals surface area contributed by atoms with Crippen molar-refractivity contribution in [3.63, 3.8) is 0 Å². The zero-order chi connectivity index (χ0) is 13.8. The lowest BCUT2D eigenvalue weighted by atomic mass is 10.2. The third kappa shape index (κ3) is 3.47. The molecule has 0 aliphatic carbocycles. The molecule has 0 heterocycles. The molecule has 0 N–H and O–H groups in total. The summed E-state index contributed by atoms with van der Waals surface area (Å²) in [6.07, 6.45) is 0. The number of aryl methyl sites for hydroxylation is 2. The van der Waals surface area contributed by atoms with Gasteiger partial charge >= 0.3 is 7.69 Å². The molecule has 2 nitrogen and oxygen atoms in total. The Balaban J connectivity index is 1.96. The lowest BCUT2D eigenvalue weighted by Crippen LogP contribution is -2.12. The van der Waals surface area contributed by atoms with Crippen LogP contribution in [0, 0.1) is 25.5 Å². The van der Waals surface area contributed by atoms with Crippen LogP contribution >= 0.6 is 0 Å². The highest BCUT2D eigenvalue weighted by Gasteiger charge is 2.08. The summed E-state index contributed by atoms with van der Waals surface area (Å²) in [5, 5.41) is 0. The molecule has 0 aliphatic heterocycles. The van der Waals surface area contributed by atoms with Crippen molar-refractivity contribution in [2.45, 2.75) is 13.8 Å². The average Bonchev–Trinajstić information content (AvgIpc) is 2.34. The van der Waals surface area contributed by atoms with Crippen LogP contribution in [-0.4, -0.2) is 7.69 Å². The van der Waals surface area contributed by atoms with Gasteiger partial charge in [0.15, 0.2) is 11.6 Å². The van der Waals surface area contributed by atoms with Gasteiger partial charge in [0.1, 0.15) is 11.5 Å². The molecule has 19 heavy (non-hydrogen) atoms. The van der Waals surface area contributed by atoms with Crippen molar-refractivity contribution in [2.24, 2.45) is 0 Å². The first-order valence-corrected chi connectivity index (χ1v) is 5.84. The second kappa shape index (κ2) is 5.74. The molecule has 0 aliphatic rings. The van der Waals surface area contributed by atoms with Gasteiger partial charge < -0.3 is 9.31 Å². The molecular formula is C14H13BF2O2. The van der Waals surface area contributed by atoms with Crippen molar-refractivity contribution in [1.82, 2.24) is 0 Å². The lowest BCUT2D eigenvalue weighted by molar-refractivity contribution is 0.421. The number of halogens is 2. The summed E-state index contributed by atoms with van der Waals surface area (Å²) in [6, 6.07) is 9.21. The fourth-order valence-corrected chi connectivity index (χ4v) is 1.60. The van der Waals surface area contributed by atoms with Crippen molar-refractivity contribution >= 4 is 7.69 Å². The second-order valence-electron chi connectivity index (χ2n) is 4.27. The minimum Gasteiger partial charge on any atom is -0.526 e. The van der Waals surface area contributed by atoms with Crippen LogP contribution in [0.4, 0.5) is 8.78 Å². The molecule has 98 valence electrons. The lowest BCUT2D eigenvalue weighted by Gasteiger charge is -2.09. The van der Waals surface area contributed by atoms with Crippen LogP contribution < -0.4 is 9.31 Å². The molecule has 5 heteroatoms. The van der Waals surface area contributed by atoms with E-state index in [1.807, 2.05) is 0 Å². The number of rotatable bonds is 4. The largest absolute Gasteiger partial charge is 0.576 e. The molecule has 0 fully saturated rings. The molecule has 0 atom stereocenters. The fraction of sp³-hybridized carbons (Fsp3) is 0.143. The molecule has 0 unspecified atom stereocenters. The van der Waals surface area contributed by atoms with Crippen molar-refractivity contribution < 1.29 is 18.1 Å². The van der Waals surface area contributed by atoms with Crippen LogP contribution in [-0.2, 0) is 0 Å². The maximum atomic E-state index is 13.5.